The van der Waals surface area contributed by atoms with Crippen LogP contribution in [0, 0.1) is 0 Å². The van der Waals surface area contributed by atoms with E-state index in [0.717, 1.165) is 39.5 Å². The highest BCUT2D eigenvalue weighted by molar-refractivity contribution is 7.13. The van der Waals surface area contributed by atoms with Crippen LogP contribution in [0.1, 0.15) is 23.1 Å². The summed E-state index contributed by atoms with van der Waals surface area (Å²) in [6, 6.07) is 21.4. The molecule has 0 spiro atoms. The minimum Gasteiger partial charge on any atom is -0.494 e. The number of fused-ring (bicyclic) bond motifs is 1. The topological polar surface area (TPSA) is 81.9 Å². The number of para-hydroxylation sites is 2. The number of benzene rings is 2. The van der Waals surface area contributed by atoms with Crippen LogP contribution < -0.4 is 10.1 Å². The third kappa shape index (κ3) is 4.67. The number of aryl methyl sites for hydroxylation is 2. The molecule has 0 atom stereocenters. The van der Waals surface area contributed by atoms with Gasteiger partial charge in [-0.2, -0.15) is 0 Å². The first-order valence-corrected chi connectivity index (χ1v) is 11.9. The van der Waals surface area contributed by atoms with Gasteiger partial charge in [0.05, 0.1) is 17.6 Å². The zero-order chi connectivity index (χ0) is 23.3. The molecule has 34 heavy (non-hydrogen) atoms. The van der Waals surface area contributed by atoms with Gasteiger partial charge in [0.2, 0.25) is 5.95 Å². The van der Waals surface area contributed by atoms with Gasteiger partial charge in [-0.05, 0) is 55.5 Å². The lowest BCUT2D eigenvalue weighted by Gasteiger charge is -2.09. The monoisotopic (exact) mass is 469 g/mol. The number of imidazole rings is 1. The van der Waals surface area contributed by atoms with Crippen molar-refractivity contribution in [2.24, 2.45) is 0 Å². The highest BCUT2D eigenvalue weighted by atomic mass is 32.1. The Balaban J connectivity index is 1.36. The number of anilines is 1. The lowest BCUT2D eigenvalue weighted by molar-refractivity contribution is 0.102. The van der Waals surface area contributed by atoms with Crippen molar-refractivity contribution >= 4 is 34.2 Å². The molecule has 5 aromatic rings. The van der Waals surface area contributed by atoms with Gasteiger partial charge in [-0.1, -0.05) is 18.2 Å². The second kappa shape index (κ2) is 9.84. The first-order valence-electron chi connectivity index (χ1n) is 11.1. The second-order valence-corrected chi connectivity index (χ2v) is 8.45. The van der Waals surface area contributed by atoms with Crippen molar-refractivity contribution in [2.45, 2.75) is 19.9 Å². The van der Waals surface area contributed by atoms with Gasteiger partial charge in [0, 0.05) is 35.8 Å². The molecule has 1 N–H and O–H groups in total. The van der Waals surface area contributed by atoms with Crippen LogP contribution in [0.4, 0.5) is 5.95 Å². The zero-order valence-corrected chi connectivity index (χ0v) is 19.5. The molecule has 0 unspecified atom stereocenters. The molecule has 0 aliphatic carbocycles. The minimum absolute atomic E-state index is 0.289. The molecular weight excluding hydrogens is 446 g/mol. The van der Waals surface area contributed by atoms with Crippen LogP contribution in [0.2, 0.25) is 0 Å². The van der Waals surface area contributed by atoms with Gasteiger partial charge in [-0.25, -0.2) is 9.97 Å². The van der Waals surface area contributed by atoms with E-state index < -0.39 is 0 Å². The largest absolute Gasteiger partial charge is 0.494 e. The summed E-state index contributed by atoms with van der Waals surface area (Å²) in [6.45, 7) is 3.21. The van der Waals surface area contributed by atoms with E-state index in [1.807, 2.05) is 78.2 Å². The fourth-order valence-electron chi connectivity index (χ4n) is 3.71. The Morgan fingerprint density at radius 3 is 2.65 bits per heavy atom. The molecule has 2 aromatic carbocycles. The number of hydrogen-bond acceptors (Lipinski definition) is 6. The maximum absolute atomic E-state index is 13.0. The molecule has 3 heterocycles. The lowest BCUT2D eigenvalue weighted by Crippen LogP contribution is -2.17. The maximum Gasteiger partial charge on any atom is 0.277 e. The van der Waals surface area contributed by atoms with Crippen LogP contribution in [0.25, 0.3) is 21.6 Å². The Morgan fingerprint density at radius 2 is 1.85 bits per heavy atom. The van der Waals surface area contributed by atoms with E-state index in [-0.39, 0.29) is 5.91 Å². The number of amides is 1. The molecule has 0 saturated carbocycles. The van der Waals surface area contributed by atoms with E-state index in [0.29, 0.717) is 24.8 Å². The number of carbonyl (C=O) groups is 1. The summed E-state index contributed by atoms with van der Waals surface area (Å²) in [7, 11) is 0. The molecule has 0 aliphatic rings. The Hall–Kier alpha value is -4.04. The molecular formula is C26H23N5O2S. The standard InChI is InChI=1S/C26H23N5O2S/c1-2-33-20-12-10-18(11-13-20)25-28-22(17-34-25)24(32)30-26-29-21-8-3-4-9-23(21)31(26)16-14-19-7-5-6-15-27-19/h3-13,15,17H,2,14,16H2,1H3,(H,29,30,32). The molecule has 0 fully saturated rings. The minimum atomic E-state index is -0.289. The SMILES string of the molecule is CCOc1ccc(-c2nc(C(=O)Nc3nc4ccccc4n3CCc3ccccn3)cs2)cc1. The number of pyridine rings is 1. The summed E-state index contributed by atoms with van der Waals surface area (Å²) in [5.74, 6) is 1.02. The van der Waals surface area contributed by atoms with Crippen LogP contribution in [-0.4, -0.2) is 32.0 Å². The second-order valence-electron chi connectivity index (χ2n) is 7.60. The molecule has 170 valence electrons. The van der Waals surface area contributed by atoms with E-state index in [2.05, 4.69) is 20.3 Å². The van der Waals surface area contributed by atoms with Crippen LogP contribution in [-0.2, 0) is 13.0 Å². The molecule has 0 bridgehead atoms. The summed E-state index contributed by atoms with van der Waals surface area (Å²) in [4.78, 5) is 26.7. The first-order chi connectivity index (χ1) is 16.7. The van der Waals surface area contributed by atoms with E-state index in [1.165, 1.54) is 11.3 Å². The van der Waals surface area contributed by atoms with Crippen LogP contribution in [0.5, 0.6) is 5.75 Å². The van der Waals surface area contributed by atoms with Gasteiger partial charge < -0.3 is 9.30 Å². The van der Waals surface area contributed by atoms with Crippen molar-refractivity contribution in [1.29, 1.82) is 0 Å². The smallest absolute Gasteiger partial charge is 0.277 e. The predicted molar refractivity (Wildman–Crippen MR) is 134 cm³/mol. The van der Waals surface area contributed by atoms with Gasteiger partial charge in [-0.3, -0.25) is 15.1 Å². The Bertz CT molecular complexity index is 1410. The Kier molecular flexibility index (Phi) is 6.31. The summed E-state index contributed by atoms with van der Waals surface area (Å²) in [5, 5.41) is 5.50. The van der Waals surface area contributed by atoms with Gasteiger partial charge in [0.15, 0.2) is 0 Å². The van der Waals surface area contributed by atoms with Crippen molar-refractivity contribution in [3.63, 3.8) is 0 Å². The molecule has 3 aromatic heterocycles. The van der Waals surface area contributed by atoms with Crippen LogP contribution in [0.15, 0.2) is 78.3 Å². The predicted octanol–water partition coefficient (Wildman–Crippen LogP) is 5.45. The molecule has 0 saturated heterocycles. The van der Waals surface area contributed by atoms with E-state index >= 15 is 0 Å². The van der Waals surface area contributed by atoms with Crippen LogP contribution >= 0.6 is 11.3 Å². The third-order valence-corrected chi connectivity index (χ3v) is 6.24. The molecule has 8 heteroatoms. The molecule has 0 aliphatic heterocycles. The number of hydrogen-bond donors (Lipinski definition) is 1. The Labute approximate surface area is 201 Å². The molecule has 0 radical (unpaired) electrons. The van der Waals surface area contributed by atoms with Gasteiger partial charge in [0.25, 0.3) is 5.91 Å². The molecule has 1 amide bonds. The summed E-state index contributed by atoms with van der Waals surface area (Å²) in [6.07, 6.45) is 2.51. The molecule has 5 rings (SSSR count). The third-order valence-electron chi connectivity index (χ3n) is 5.35. The fraction of sp³-hybridized carbons (Fsp3) is 0.154. The van der Waals surface area contributed by atoms with E-state index in [1.54, 1.807) is 11.6 Å². The number of nitrogens with one attached hydrogen (secondary N) is 1. The zero-order valence-electron chi connectivity index (χ0n) is 18.6. The highest BCUT2D eigenvalue weighted by Crippen LogP contribution is 2.27. The maximum atomic E-state index is 13.0. The number of thiazole rings is 1. The summed E-state index contributed by atoms with van der Waals surface area (Å²) < 4.78 is 7.51. The van der Waals surface area contributed by atoms with Crippen molar-refractivity contribution in [3.8, 4) is 16.3 Å². The number of aromatic nitrogens is 4. The molecule has 7 nitrogen and oxygen atoms in total. The van der Waals surface area contributed by atoms with Crippen molar-refractivity contribution in [2.75, 3.05) is 11.9 Å². The average Bonchev–Trinajstić information content (AvgIpc) is 3.49. The van der Waals surface area contributed by atoms with Gasteiger partial charge in [-0.15, -0.1) is 11.3 Å². The number of nitrogens with zero attached hydrogens (tertiary/aromatic N) is 4. The number of ether oxygens (including phenoxy) is 1. The van der Waals surface area contributed by atoms with Gasteiger partial charge >= 0.3 is 0 Å². The van der Waals surface area contributed by atoms with Gasteiger partial charge in [0.1, 0.15) is 16.5 Å². The van der Waals surface area contributed by atoms with Crippen LogP contribution in [0.3, 0.4) is 0 Å². The van der Waals surface area contributed by atoms with Crippen molar-refractivity contribution in [3.05, 3.63) is 89.7 Å². The highest BCUT2D eigenvalue weighted by Gasteiger charge is 2.17. The number of carbonyl (C=O) groups excluding carboxylic acids is 1. The average molecular weight is 470 g/mol. The number of rotatable bonds is 8. The van der Waals surface area contributed by atoms with Crippen molar-refractivity contribution < 1.29 is 9.53 Å². The Morgan fingerprint density at radius 1 is 1.03 bits per heavy atom. The summed E-state index contributed by atoms with van der Waals surface area (Å²) >= 11 is 1.43. The van der Waals surface area contributed by atoms with Crippen molar-refractivity contribution in [1.82, 2.24) is 19.5 Å². The summed E-state index contributed by atoms with van der Waals surface area (Å²) in [5.41, 5.74) is 4.07. The lowest BCUT2D eigenvalue weighted by atomic mass is 10.2. The van der Waals surface area contributed by atoms with E-state index in [9.17, 15) is 4.79 Å². The first kappa shape index (κ1) is 21.8. The normalized spacial score (nSPS) is 11.0. The van der Waals surface area contributed by atoms with E-state index in [4.69, 9.17) is 4.74 Å². The quantitative estimate of drug-likeness (QED) is 0.327. The fourth-order valence-corrected chi connectivity index (χ4v) is 4.51.